The van der Waals surface area contributed by atoms with Gasteiger partial charge < -0.3 is 14.4 Å². The van der Waals surface area contributed by atoms with Crippen molar-refractivity contribution in [2.24, 2.45) is 0 Å². The van der Waals surface area contributed by atoms with E-state index in [1.54, 1.807) is 23.1 Å². The van der Waals surface area contributed by atoms with Crippen LogP contribution in [0.5, 0.6) is 0 Å². The first-order chi connectivity index (χ1) is 13.0. The number of β-lactam (4-membered cyclic amide) rings is 1. The van der Waals surface area contributed by atoms with E-state index in [-0.39, 0.29) is 18.5 Å². The minimum absolute atomic E-state index is 0.122. The SMILES string of the molecule is COC(=O)/C(=C/c1ccccc1)CN1C(=O)[C@@H](OC)[C@H]1c1cccc(Cl)c1. The van der Waals surface area contributed by atoms with E-state index < -0.39 is 12.1 Å². The summed E-state index contributed by atoms with van der Waals surface area (Å²) in [5, 5.41) is 0.578. The maximum absolute atomic E-state index is 12.5. The molecule has 27 heavy (non-hydrogen) atoms. The summed E-state index contributed by atoms with van der Waals surface area (Å²) in [6, 6.07) is 16.4. The lowest BCUT2D eigenvalue weighted by atomic mass is 9.89. The van der Waals surface area contributed by atoms with Crippen molar-refractivity contribution in [1.82, 2.24) is 4.90 Å². The van der Waals surface area contributed by atoms with Gasteiger partial charge in [-0.25, -0.2) is 4.79 Å². The zero-order valence-corrected chi connectivity index (χ0v) is 15.8. The summed E-state index contributed by atoms with van der Waals surface area (Å²) in [6.45, 7) is 0.122. The van der Waals surface area contributed by atoms with Gasteiger partial charge in [0.05, 0.1) is 25.3 Å². The van der Waals surface area contributed by atoms with Crippen LogP contribution in [-0.2, 0) is 19.1 Å². The molecule has 0 unspecified atom stereocenters. The first kappa shape index (κ1) is 19.1. The first-order valence-corrected chi connectivity index (χ1v) is 8.85. The fraction of sp³-hybridized carbons (Fsp3) is 0.238. The minimum atomic E-state index is -0.598. The zero-order chi connectivity index (χ0) is 19.4. The molecule has 1 heterocycles. The largest absolute Gasteiger partial charge is 0.466 e. The third-order valence-corrected chi connectivity index (χ3v) is 4.76. The Morgan fingerprint density at radius 1 is 1.15 bits per heavy atom. The van der Waals surface area contributed by atoms with Gasteiger partial charge in [-0.15, -0.1) is 0 Å². The van der Waals surface area contributed by atoms with Crippen molar-refractivity contribution in [1.29, 1.82) is 0 Å². The number of nitrogens with zero attached hydrogens (tertiary/aromatic N) is 1. The van der Waals surface area contributed by atoms with Gasteiger partial charge in [-0.3, -0.25) is 4.79 Å². The highest BCUT2D eigenvalue weighted by atomic mass is 35.5. The van der Waals surface area contributed by atoms with E-state index in [4.69, 9.17) is 21.1 Å². The number of hydrogen-bond acceptors (Lipinski definition) is 4. The smallest absolute Gasteiger partial charge is 0.335 e. The predicted octanol–water partition coefficient (Wildman–Crippen LogP) is 3.49. The highest BCUT2D eigenvalue weighted by Gasteiger charge is 2.49. The van der Waals surface area contributed by atoms with Gasteiger partial charge in [0.1, 0.15) is 0 Å². The van der Waals surface area contributed by atoms with Crippen LogP contribution in [-0.4, -0.2) is 43.6 Å². The molecule has 0 aromatic heterocycles. The molecule has 3 rings (SSSR count). The molecule has 2 aromatic carbocycles. The Balaban J connectivity index is 1.91. The number of esters is 1. The van der Waals surface area contributed by atoms with E-state index in [0.29, 0.717) is 10.6 Å². The van der Waals surface area contributed by atoms with Gasteiger partial charge in [-0.2, -0.15) is 0 Å². The van der Waals surface area contributed by atoms with Crippen molar-refractivity contribution in [3.8, 4) is 0 Å². The topological polar surface area (TPSA) is 55.8 Å². The van der Waals surface area contributed by atoms with Crippen LogP contribution in [0.15, 0.2) is 60.2 Å². The van der Waals surface area contributed by atoms with Crippen molar-refractivity contribution in [3.05, 3.63) is 76.3 Å². The quantitative estimate of drug-likeness (QED) is 0.434. The molecule has 0 radical (unpaired) electrons. The molecular formula is C21H20ClNO4. The first-order valence-electron chi connectivity index (χ1n) is 8.48. The lowest BCUT2D eigenvalue weighted by Crippen LogP contribution is -2.60. The van der Waals surface area contributed by atoms with Crippen LogP contribution in [0.3, 0.4) is 0 Å². The highest BCUT2D eigenvalue weighted by molar-refractivity contribution is 6.30. The van der Waals surface area contributed by atoms with Crippen LogP contribution in [0.1, 0.15) is 17.2 Å². The fourth-order valence-corrected chi connectivity index (χ4v) is 3.40. The second-order valence-corrected chi connectivity index (χ2v) is 6.63. The molecule has 5 nitrogen and oxygen atoms in total. The van der Waals surface area contributed by atoms with Crippen molar-refractivity contribution in [2.75, 3.05) is 20.8 Å². The molecule has 0 spiro atoms. The standard InChI is InChI=1S/C21H20ClNO4/c1-26-19-18(15-9-6-10-17(22)12-15)23(20(19)24)13-16(21(25)27-2)11-14-7-4-3-5-8-14/h3-12,18-19H,13H2,1-2H3/b16-11+/t18-,19+/m1/s1. The van der Waals surface area contributed by atoms with E-state index in [1.807, 2.05) is 42.5 Å². The maximum Gasteiger partial charge on any atom is 0.335 e. The molecule has 140 valence electrons. The normalized spacial score (nSPS) is 19.6. The Labute approximate surface area is 163 Å². The number of hydrogen-bond donors (Lipinski definition) is 0. The van der Waals surface area contributed by atoms with Gasteiger partial charge in [0.15, 0.2) is 6.10 Å². The number of likely N-dealkylation sites (tertiary alicyclic amines) is 1. The summed E-state index contributed by atoms with van der Waals surface area (Å²) in [4.78, 5) is 26.4. The lowest BCUT2D eigenvalue weighted by Gasteiger charge is -2.46. The molecule has 1 saturated heterocycles. The Morgan fingerprint density at radius 2 is 1.89 bits per heavy atom. The molecule has 0 aliphatic carbocycles. The van der Waals surface area contributed by atoms with Crippen LogP contribution < -0.4 is 0 Å². The Morgan fingerprint density at radius 3 is 2.52 bits per heavy atom. The number of carbonyl (C=O) groups excluding carboxylic acids is 2. The monoisotopic (exact) mass is 385 g/mol. The molecule has 0 bridgehead atoms. The van der Waals surface area contributed by atoms with E-state index in [2.05, 4.69) is 0 Å². The van der Waals surface area contributed by atoms with E-state index in [0.717, 1.165) is 11.1 Å². The number of ether oxygens (including phenoxy) is 2. The van der Waals surface area contributed by atoms with Gasteiger partial charge >= 0.3 is 5.97 Å². The van der Waals surface area contributed by atoms with Gasteiger partial charge in [0.2, 0.25) is 0 Å². The summed E-state index contributed by atoms with van der Waals surface area (Å²) in [5.41, 5.74) is 2.10. The van der Waals surface area contributed by atoms with Crippen LogP contribution in [0.4, 0.5) is 0 Å². The van der Waals surface area contributed by atoms with Crippen molar-refractivity contribution in [3.63, 3.8) is 0 Å². The Bertz CT molecular complexity index is 865. The van der Waals surface area contributed by atoms with Crippen molar-refractivity contribution in [2.45, 2.75) is 12.1 Å². The summed E-state index contributed by atoms with van der Waals surface area (Å²) in [6.07, 6.45) is 1.13. The molecule has 0 N–H and O–H groups in total. The summed E-state index contributed by atoms with van der Waals surface area (Å²) in [5.74, 6) is -0.650. The molecule has 1 aliphatic heterocycles. The summed E-state index contributed by atoms with van der Waals surface area (Å²) < 4.78 is 10.3. The molecule has 0 saturated carbocycles. The zero-order valence-electron chi connectivity index (χ0n) is 15.1. The van der Waals surface area contributed by atoms with Gasteiger partial charge in [-0.1, -0.05) is 54.1 Å². The second kappa shape index (κ2) is 8.37. The predicted molar refractivity (Wildman–Crippen MR) is 103 cm³/mol. The van der Waals surface area contributed by atoms with Crippen LogP contribution in [0.25, 0.3) is 6.08 Å². The van der Waals surface area contributed by atoms with E-state index in [1.165, 1.54) is 14.2 Å². The third-order valence-electron chi connectivity index (χ3n) is 4.52. The average molecular weight is 386 g/mol. The third kappa shape index (κ3) is 4.04. The fourth-order valence-electron chi connectivity index (χ4n) is 3.20. The van der Waals surface area contributed by atoms with E-state index >= 15 is 0 Å². The van der Waals surface area contributed by atoms with Crippen molar-refractivity contribution >= 4 is 29.6 Å². The molecule has 2 atom stereocenters. The molecule has 1 fully saturated rings. The number of methoxy groups -OCH3 is 2. The number of amides is 1. The molecular weight excluding hydrogens is 366 g/mol. The van der Waals surface area contributed by atoms with Gasteiger partial charge in [0, 0.05) is 12.1 Å². The minimum Gasteiger partial charge on any atom is -0.466 e. The second-order valence-electron chi connectivity index (χ2n) is 6.19. The molecule has 6 heteroatoms. The molecule has 1 amide bonds. The van der Waals surface area contributed by atoms with Gasteiger partial charge in [-0.05, 0) is 29.3 Å². The number of benzene rings is 2. The molecule has 2 aromatic rings. The number of halogens is 1. The van der Waals surface area contributed by atoms with Crippen LogP contribution in [0, 0.1) is 0 Å². The van der Waals surface area contributed by atoms with Crippen LogP contribution in [0.2, 0.25) is 5.02 Å². The summed E-state index contributed by atoms with van der Waals surface area (Å²) in [7, 11) is 2.82. The van der Waals surface area contributed by atoms with E-state index in [9.17, 15) is 9.59 Å². The van der Waals surface area contributed by atoms with Crippen molar-refractivity contribution < 1.29 is 19.1 Å². The van der Waals surface area contributed by atoms with Crippen LogP contribution >= 0.6 is 11.6 Å². The highest BCUT2D eigenvalue weighted by Crippen LogP contribution is 2.38. The van der Waals surface area contributed by atoms with Gasteiger partial charge in [0.25, 0.3) is 5.91 Å². The summed E-state index contributed by atoms with van der Waals surface area (Å²) >= 11 is 6.10. The Hall–Kier alpha value is -2.63. The average Bonchev–Trinajstić information content (AvgIpc) is 2.69. The Kier molecular flexibility index (Phi) is 5.94. The lowest BCUT2D eigenvalue weighted by molar-refractivity contribution is -0.170. The maximum atomic E-state index is 12.5. The number of carbonyl (C=O) groups is 2. The number of rotatable bonds is 6. The molecule has 1 aliphatic rings.